The van der Waals surface area contributed by atoms with Crippen LogP contribution >= 0.6 is 0 Å². The van der Waals surface area contributed by atoms with Crippen LogP contribution in [-0.4, -0.2) is 48.4 Å². The van der Waals surface area contributed by atoms with Crippen molar-refractivity contribution in [3.63, 3.8) is 0 Å². The van der Waals surface area contributed by atoms with Gasteiger partial charge in [-0.05, 0) is 37.3 Å². The van der Waals surface area contributed by atoms with Gasteiger partial charge < -0.3 is 4.90 Å². The van der Waals surface area contributed by atoms with Gasteiger partial charge in [-0.3, -0.25) is 9.69 Å². The summed E-state index contributed by atoms with van der Waals surface area (Å²) in [5, 5.41) is 0. The first-order chi connectivity index (χ1) is 9.36. The van der Waals surface area contributed by atoms with Crippen molar-refractivity contribution in [1.82, 2.24) is 9.80 Å². The zero-order chi connectivity index (χ0) is 13.1. The van der Waals surface area contributed by atoms with Crippen LogP contribution in [0.5, 0.6) is 0 Å². The number of benzene rings is 1. The summed E-state index contributed by atoms with van der Waals surface area (Å²) >= 11 is 0. The Hall–Kier alpha value is -1.35. The predicted octanol–water partition coefficient (Wildman–Crippen LogP) is 2.10. The molecule has 0 spiro atoms. The van der Waals surface area contributed by atoms with Gasteiger partial charge in [-0.15, -0.1) is 0 Å². The summed E-state index contributed by atoms with van der Waals surface area (Å²) in [6.45, 7) is 4.27. The highest BCUT2D eigenvalue weighted by molar-refractivity contribution is 5.47. The molecule has 2 aliphatic rings. The Kier molecular flexibility index (Phi) is 3.83. The SMILES string of the molecule is O=CN1CCC(N2CCC(c3ccccc3)C2)CC1. The smallest absolute Gasteiger partial charge is 0.209 e. The number of carbonyl (C=O) groups is 1. The lowest BCUT2D eigenvalue weighted by Crippen LogP contribution is -2.43. The van der Waals surface area contributed by atoms with E-state index < -0.39 is 0 Å². The topological polar surface area (TPSA) is 23.6 Å². The lowest BCUT2D eigenvalue weighted by molar-refractivity contribution is -0.119. The molecule has 0 bridgehead atoms. The summed E-state index contributed by atoms with van der Waals surface area (Å²) in [4.78, 5) is 15.3. The molecule has 3 heteroatoms. The fourth-order valence-corrected chi connectivity index (χ4v) is 3.47. The van der Waals surface area contributed by atoms with Crippen molar-refractivity contribution in [3.05, 3.63) is 35.9 Å². The normalized spacial score (nSPS) is 25.7. The Morgan fingerprint density at radius 1 is 1.00 bits per heavy atom. The van der Waals surface area contributed by atoms with Gasteiger partial charge in [-0.1, -0.05) is 30.3 Å². The Labute approximate surface area is 115 Å². The van der Waals surface area contributed by atoms with Crippen LogP contribution in [0.1, 0.15) is 30.7 Å². The second-order valence-corrected chi connectivity index (χ2v) is 5.76. The van der Waals surface area contributed by atoms with E-state index in [1.54, 1.807) is 0 Å². The molecule has 3 rings (SSSR count). The third-order valence-corrected chi connectivity index (χ3v) is 4.66. The molecule has 1 aromatic rings. The van der Waals surface area contributed by atoms with Crippen molar-refractivity contribution in [2.75, 3.05) is 26.2 Å². The molecule has 0 aromatic heterocycles. The summed E-state index contributed by atoms with van der Waals surface area (Å²) in [5.41, 5.74) is 1.48. The summed E-state index contributed by atoms with van der Waals surface area (Å²) in [6.07, 6.45) is 4.55. The standard InChI is InChI=1S/C16H22N2O/c19-13-17-9-7-16(8-10-17)18-11-6-15(12-18)14-4-2-1-3-5-14/h1-5,13,15-16H,6-12H2. The third-order valence-electron chi connectivity index (χ3n) is 4.66. The first-order valence-corrected chi connectivity index (χ1v) is 7.35. The van der Waals surface area contributed by atoms with E-state index >= 15 is 0 Å². The third kappa shape index (κ3) is 2.81. The number of hydrogen-bond donors (Lipinski definition) is 0. The Bertz CT molecular complexity index is 412. The molecule has 1 amide bonds. The van der Waals surface area contributed by atoms with Gasteiger partial charge >= 0.3 is 0 Å². The molecule has 102 valence electrons. The van der Waals surface area contributed by atoms with Gasteiger partial charge in [0.2, 0.25) is 6.41 Å². The van der Waals surface area contributed by atoms with E-state index in [1.165, 1.54) is 25.1 Å². The minimum Gasteiger partial charge on any atom is -0.345 e. The monoisotopic (exact) mass is 258 g/mol. The number of hydrogen-bond acceptors (Lipinski definition) is 2. The van der Waals surface area contributed by atoms with Gasteiger partial charge in [0.1, 0.15) is 0 Å². The molecule has 2 heterocycles. The minimum atomic E-state index is 0.685. The van der Waals surface area contributed by atoms with Crippen LogP contribution in [0.4, 0.5) is 0 Å². The summed E-state index contributed by atoms with van der Waals surface area (Å²) in [7, 11) is 0. The zero-order valence-corrected chi connectivity index (χ0v) is 11.4. The fraction of sp³-hybridized carbons (Fsp3) is 0.562. The van der Waals surface area contributed by atoms with E-state index in [0.717, 1.165) is 32.3 Å². The summed E-state index contributed by atoms with van der Waals surface area (Å²) in [6, 6.07) is 11.6. The number of carbonyl (C=O) groups excluding carboxylic acids is 1. The van der Waals surface area contributed by atoms with E-state index in [4.69, 9.17) is 0 Å². The van der Waals surface area contributed by atoms with Crippen LogP contribution in [0.3, 0.4) is 0 Å². The zero-order valence-electron chi connectivity index (χ0n) is 11.4. The van der Waals surface area contributed by atoms with Gasteiger partial charge in [0.25, 0.3) is 0 Å². The molecular weight excluding hydrogens is 236 g/mol. The highest BCUT2D eigenvalue weighted by Crippen LogP contribution is 2.30. The highest BCUT2D eigenvalue weighted by Gasteiger charge is 2.30. The second kappa shape index (κ2) is 5.74. The van der Waals surface area contributed by atoms with Crippen LogP contribution in [-0.2, 0) is 4.79 Å². The van der Waals surface area contributed by atoms with E-state index in [9.17, 15) is 4.79 Å². The van der Waals surface area contributed by atoms with Gasteiger partial charge in [-0.25, -0.2) is 0 Å². The van der Waals surface area contributed by atoms with Crippen molar-refractivity contribution in [3.8, 4) is 0 Å². The molecule has 0 aliphatic carbocycles. The molecule has 0 radical (unpaired) electrons. The quantitative estimate of drug-likeness (QED) is 0.775. The van der Waals surface area contributed by atoms with E-state index in [1.807, 2.05) is 4.90 Å². The number of amides is 1. The molecule has 0 N–H and O–H groups in total. The van der Waals surface area contributed by atoms with Crippen LogP contribution < -0.4 is 0 Å². The summed E-state index contributed by atoms with van der Waals surface area (Å²) < 4.78 is 0. The maximum Gasteiger partial charge on any atom is 0.209 e. The van der Waals surface area contributed by atoms with Crippen LogP contribution in [0.25, 0.3) is 0 Å². The van der Waals surface area contributed by atoms with Gasteiger partial charge in [-0.2, -0.15) is 0 Å². The average Bonchev–Trinajstić information content (AvgIpc) is 2.98. The van der Waals surface area contributed by atoms with Gasteiger partial charge in [0.15, 0.2) is 0 Å². The van der Waals surface area contributed by atoms with E-state index in [-0.39, 0.29) is 0 Å². The molecular formula is C16H22N2O. The molecule has 1 aromatic carbocycles. The molecule has 2 fully saturated rings. The number of nitrogens with zero attached hydrogens (tertiary/aromatic N) is 2. The minimum absolute atomic E-state index is 0.685. The van der Waals surface area contributed by atoms with E-state index in [2.05, 4.69) is 35.2 Å². The first-order valence-electron chi connectivity index (χ1n) is 7.35. The largest absolute Gasteiger partial charge is 0.345 e. The van der Waals surface area contributed by atoms with Crippen molar-refractivity contribution >= 4 is 6.41 Å². The lowest BCUT2D eigenvalue weighted by atomic mass is 9.98. The molecule has 1 atom stereocenters. The van der Waals surface area contributed by atoms with Crippen molar-refractivity contribution < 1.29 is 4.79 Å². The van der Waals surface area contributed by atoms with Crippen LogP contribution in [0.15, 0.2) is 30.3 Å². The number of piperidine rings is 1. The average molecular weight is 258 g/mol. The molecule has 2 aliphatic heterocycles. The Morgan fingerprint density at radius 3 is 2.42 bits per heavy atom. The van der Waals surface area contributed by atoms with Crippen molar-refractivity contribution in [2.24, 2.45) is 0 Å². The molecule has 3 nitrogen and oxygen atoms in total. The van der Waals surface area contributed by atoms with Gasteiger partial charge in [0, 0.05) is 25.7 Å². The molecule has 19 heavy (non-hydrogen) atoms. The Morgan fingerprint density at radius 2 is 1.74 bits per heavy atom. The maximum atomic E-state index is 10.7. The summed E-state index contributed by atoms with van der Waals surface area (Å²) in [5.74, 6) is 0.699. The molecule has 1 unspecified atom stereocenters. The first kappa shape index (κ1) is 12.7. The van der Waals surface area contributed by atoms with Gasteiger partial charge in [0.05, 0.1) is 0 Å². The fourth-order valence-electron chi connectivity index (χ4n) is 3.47. The van der Waals surface area contributed by atoms with Crippen LogP contribution in [0, 0.1) is 0 Å². The number of likely N-dealkylation sites (tertiary alicyclic amines) is 2. The van der Waals surface area contributed by atoms with Crippen LogP contribution in [0.2, 0.25) is 0 Å². The van der Waals surface area contributed by atoms with E-state index in [0.29, 0.717) is 12.0 Å². The maximum absolute atomic E-state index is 10.7. The van der Waals surface area contributed by atoms with Crippen molar-refractivity contribution in [2.45, 2.75) is 31.2 Å². The number of rotatable bonds is 3. The lowest BCUT2D eigenvalue weighted by Gasteiger charge is -2.35. The molecule has 2 saturated heterocycles. The van der Waals surface area contributed by atoms with Crippen molar-refractivity contribution in [1.29, 1.82) is 0 Å². The molecule has 0 saturated carbocycles. The predicted molar refractivity (Wildman–Crippen MR) is 76.0 cm³/mol. The highest BCUT2D eigenvalue weighted by atomic mass is 16.1. The Balaban J connectivity index is 1.56. The second-order valence-electron chi connectivity index (χ2n) is 5.76.